The fourth-order valence-electron chi connectivity index (χ4n) is 1.85. The van der Waals surface area contributed by atoms with Crippen molar-refractivity contribution < 1.29 is 27.1 Å². The van der Waals surface area contributed by atoms with Gasteiger partial charge < -0.3 is 5.11 Å². The molecule has 0 radical (unpaired) electrons. The maximum absolute atomic E-state index is 13.9. The van der Waals surface area contributed by atoms with E-state index in [2.05, 4.69) is 4.72 Å². The van der Waals surface area contributed by atoms with Crippen LogP contribution in [0.3, 0.4) is 0 Å². The second kappa shape index (κ2) is 5.66. The standard InChI is InChI=1S/C11H11F2NO4S2/c12-7-1-2-8(10(13)9(7)11(15)16)20(17,18)14-6-3-4-19-5-6/h1-2,6,14H,3-5H2,(H,15,16). The first-order valence-electron chi connectivity index (χ1n) is 5.64. The predicted molar refractivity (Wildman–Crippen MR) is 69.4 cm³/mol. The Morgan fingerprint density at radius 2 is 2.10 bits per heavy atom. The van der Waals surface area contributed by atoms with Crippen LogP contribution < -0.4 is 4.72 Å². The van der Waals surface area contributed by atoms with E-state index in [0.29, 0.717) is 18.2 Å². The fraction of sp³-hybridized carbons (Fsp3) is 0.364. The van der Waals surface area contributed by atoms with Gasteiger partial charge in [-0.2, -0.15) is 11.8 Å². The topological polar surface area (TPSA) is 83.5 Å². The average molecular weight is 323 g/mol. The SMILES string of the molecule is O=C(O)c1c(F)ccc(S(=O)(=O)NC2CCSC2)c1F. The molecule has 110 valence electrons. The lowest BCUT2D eigenvalue weighted by Gasteiger charge is -2.13. The minimum Gasteiger partial charge on any atom is -0.477 e. The van der Waals surface area contributed by atoms with Crippen molar-refractivity contribution >= 4 is 27.8 Å². The first-order chi connectivity index (χ1) is 9.33. The number of hydrogen-bond donors (Lipinski definition) is 2. The number of carboxylic acids is 1. The van der Waals surface area contributed by atoms with Crippen LogP contribution in [0.1, 0.15) is 16.8 Å². The van der Waals surface area contributed by atoms with Crippen molar-refractivity contribution in [3.05, 3.63) is 29.3 Å². The van der Waals surface area contributed by atoms with Gasteiger partial charge in [0.05, 0.1) is 0 Å². The Morgan fingerprint density at radius 3 is 2.65 bits per heavy atom. The molecule has 5 nitrogen and oxygen atoms in total. The van der Waals surface area contributed by atoms with Gasteiger partial charge in [0.1, 0.15) is 16.3 Å². The Kier molecular flexibility index (Phi) is 4.31. The van der Waals surface area contributed by atoms with Crippen LogP contribution in [-0.4, -0.2) is 37.0 Å². The zero-order valence-corrected chi connectivity index (χ0v) is 11.7. The van der Waals surface area contributed by atoms with Gasteiger partial charge in [-0.3, -0.25) is 0 Å². The number of sulfonamides is 1. The van der Waals surface area contributed by atoms with Gasteiger partial charge in [0, 0.05) is 11.8 Å². The third kappa shape index (κ3) is 2.94. The molecule has 1 aromatic carbocycles. The van der Waals surface area contributed by atoms with Gasteiger partial charge in [0.2, 0.25) is 10.0 Å². The van der Waals surface area contributed by atoms with Gasteiger partial charge in [-0.15, -0.1) is 0 Å². The number of carboxylic acid groups (broad SMARTS) is 1. The van der Waals surface area contributed by atoms with Crippen molar-refractivity contribution in [3.8, 4) is 0 Å². The van der Waals surface area contributed by atoms with Crippen LogP contribution >= 0.6 is 11.8 Å². The Labute approximate surface area is 118 Å². The summed E-state index contributed by atoms with van der Waals surface area (Å²) in [6.07, 6.45) is 0.610. The molecule has 0 aliphatic carbocycles. The highest BCUT2D eigenvalue weighted by Gasteiger charge is 2.29. The van der Waals surface area contributed by atoms with Crippen molar-refractivity contribution in [1.29, 1.82) is 0 Å². The molecule has 0 amide bonds. The van der Waals surface area contributed by atoms with Crippen LogP contribution in [0, 0.1) is 11.6 Å². The third-order valence-corrected chi connectivity index (χ3v) is 5.51. The first-order valence-corrected chi connectivity index (χ1v) is 8.28. The molecule has 1 aromatic rings. The van der Waals surface area contributed by atoms with Gasteiger partial charge >= 0.3 is 5.97 Å². The van der Waals surface area contributed by atoms with Gasteiger partial charge in [0.25, 0.3) is 0 Å². The van der Waals surface area contributed by atoms with E-state index >= 15 is 0 Å². The predicted octanol–water partition coefficient (Wildman–Crippen LogP) is 1.45. The highest BCUT2D eigenvalue weighted by molar-refractivity contribution is 7.99. The summed E-state index contributed by atoms with van der Waals surface area (Å²) in [6, 6.07) is 1.02. The van der Waals surface area contributed by atoms with E-state index in [4.69, 9.17) is 5.11 Å². The molecule has 0 aromatic heterocycles. The van der Waals surface area contributed by atoms with Crippen LogP contribution in [-0.2, 0) is 10.0 Å². The molecular formula is C11H11F2NO4S2. The monoisotopic (exact) mass is 323 g/mol. The van der Waals surface area contributed by atoms with Crippen LogP contribution in [0.4, 0.5) is 8.78 Å². The lowest BCUT2D eigenvalue weighted by atomic mass is 10.2. The van der Waals surface area contributed by atoms with E-state index in [1.807, 2.05) is 0 Å². The highest BCUT2D eigenvalue weighted by Crippen LogP contribution is 2.23. The third-order valence-electron chi connectivity index (χ3n) is 2.81. The molecule has 1 atom stereocenters. The smallest absolute Gasteiger partial charge is 0.341 e. The van der Waals surface area contributed by atoms with Crippen LogP contribution in [0.25, 0.3) is 0 Å². The molecular weight excluding hydrogens is 312 g/mol. The molecule has 0 spiro atoms. The quantitative estimate of drug-likeness (QED) is 0.876. The first kappa shape index (κ1) is 15.2. The van der Waals surface area contributed by atoms with Gasteiger partial charge in [-0.1, -0.05) is 0 Å². The number of rotatable bonds is 4. The molecule has 1 fully saturated rings. The molecule has 1 heterocycles. The van der Waals surface area contributed by atoms with E-state index in [1.54, 1.807) is 11.8 Å². The lowest BCUT2D eigenvalue weighted by Crippen LogP contribution is -2.35. The number of thioether (sulfide) groups is 1. The second-order valence-corrected chi connectivity index (χ2v) is 7.05. The summed E-state index contributed by atoms with van der Waals surface area (Å²) in [7, 11) is -4.22. The molecule has 1 saturated heterocycles. The summed E-state index contributed by atoms with van der Waals surface area (Å²) in [6.45, 7) is 0. The molecule has 2 N–H and O–H groups in total. The molecule has 2 rings (SSSR count). The van der Waals surface area contributed by atoms with Crippen LogP contribution in [0.5, 0.6) is 0 Å². The summed E-state index contributed by atoms with van der Waals surface area (Å²) in [4.78, 5) is 9.91. The summed E-state index contributed by atoms with van der Waals surface area (Å²) < 4.78 is 53.5. The number of hydrogen-bond acceptors (Lipinski definition) is 4. The molecule has 0 bridgehead atoms. The largest absolute Gasteiger partial charge is 0.477 e. The number of halogens is 2. The summed E-state index contributed by atoms with van der Waals surface area (Å²) in [5.41, 5.74) is -1.27. The van der Waals surface area contributed by atoms with E-state index < -0.39 is 38.1 Å². The molecule has 20 heavy (non-hydrogen) atoms. The van der Waals surface area contributed by atoms with Crippen molar-refractivity contribution in [2.45, 2.75) is 17.4 Å². The Balaban J connectivity index is 2.41. The van der Waals surface area contributed by atoms with E-state index in [0.717, 1.165) is 11.8 Å². The van der Waals surface area contributed by atoms with Gasteiger partial charge in [0.15, 0.2) is 5.82 Å². The van der Waals surface area contributed by atoms with Crippen molar-refractivity contribution in [2.24, 2.45) is 0 Å². The second-order valence-electron chi connectivity index (χ2n) is 4.22. The zero-order valence-electron chi connectivity index (χ0n) is 10.1. The Bertz CT molecular complexity index is 642. The lowest BCUT2D eigenvalue weighted by molar-refractivity contribution is 0.0685. The number of aromatic carboxylic acids is 1. The highest BCUT2D eigenvalue weighted by atomic mass is 32.2. The molecule has 1 unspecified atom stereocenters. The van der Waals surface area contributed by atoms with Crippen LogP contribution in [0.15, 0.2) is 17.0 Å². The maximum atomic E-state index is 13.9. The van der Waals surface area contributed by atoms with Crippen molar-refractivity contribution in [1.82, 2.24) is 4.72 Å². The molecule has 1 aliphatic rings. The van der Waals surface area contributed by atoms with Crippen molar-refractivity contribution in [3.63, 3.8) is 0 Å². The number of benzene rings is 1. The van der Waals surface area contributed by atoms with E-state index in [1.165, 1.54) is 0 Å². The number of carbonyl (C=O) groups is 1. The Hall–Kier alpha value is -1.19. The van der Waals surface area contributed by atoms with E-state index in [-0.39, 0.29) is 6.04 Å². The van der Waals surface area contributed by atoms with E-state index in [9.17, 15) is 22.0 Å². The summed E-state index contributed by atoms with van der Waals surface area (Å²) in [5, 5.41) is 8.72. The summed E-state index contributed by atoms with van der Waals surface area (Å²) in [5.74, 6) is -3.40. The van der Waals surface area contributed by atoms with Crippen LogP contribution in [0.2, 0.25) is 0 Å². The molecule has 1 aliphatic heterocycles. The number of nitrogens with one attached hydrogen (secondary N) is 1. The molecule has 9 heteroatoms. The minimum atomic E-state index is -4.22. The minimum absolute atomic E-state index is 0.331. The average Bonchev–Trinajstić information content (AvgIpc) is 2.79. The molecule has 0 saturated carbocycles. The summed E-state index contributed by atoms with van der Waals surface area (Å²) >= 11 is 1.56. The van der Waals surface area contributed by atoms with Gasteiger partial charge in [-0.25, -0.2) is 26.7 Å². The normalized spacial score (nSPS) is 19.2. The fourth-order valence-corrected chi connectivity index (χ4v) is 4.46. The van der Waals surface area contributed by atoms with Crippen molar-refractivity contribution in [2.75, 3.05) is 11.5 Å². The maximum Gasteiger partial charge on any atom is 0.341 e. The Morgan fingerprint density at radius 1 is 1.40 bits per heavy atom. The zero-order chi connectivity index (χ0) is 14.9. The van der Waals surface area contributed by atoms with Gasteiger partial charge in [-0.05, 0) is 24.3 Å².